The standard InChI is InChI=1S/C16H21ClN2O3/c1-22-16(21)12-6-9-19(10-7-12)11-8-15(20)18-14-5-3-2-4-13(14)17/h2-5,12H,6-11H2,1H3,(H,18,20). The maximum absolute atomic E-state index is 12.0. The molecule has 1 N–H and O–H groups in total. The van der Waals surface area contributed by atoms with E-state index in [9.17, 15) is 9.59 Å². The first-order chi connectivity index (χ1) is 10.6. The highest BCUT2D eigenvalue weighted by atomic mass is 35.5. The zero-order valence-corrected chi connectivity index (χ0v) is 13.4. The Balaban J connectivity index is 1.72. The Labute approximate surface area is 135 Å². The Kier molecular flexibility index (Phi) is 6.21. The third-order valence-electron chi connectivity index (χ3n) is 3.93. The Morgan fingerprint density at radius 3 is 2.64 bits per heavy atom. The molecular weight excluding hydrogens is 304 g/mol. The zero-order chi connectivity index (χ0) is 15.9. The fraction of sp³-hybridized carbons (Fsp3) is 0.500. The average Bonchev–Trinajstić information content (AvgIpc) is 2.55. The number of para-hydroxylation sites is 1. The molecule has 2 rings (SSSR count). The molecule has 1 aliphatic rings. The van der Waals surface area contributed by atoms with Crippen LogP contribution in [0.4, 0.5) is 5.69 Å². The van der Waals surface area contributed by atoms with Gasteiger partial charge in [-0.25, -0.2) is 0 Å². The van der Waals surface area contributed by atoms with Crippen molar-refractivity contribution < 1.29 is 14.3 Å². The molecule has 1 amide bonds. The molecule has 6 heteroatoms. The van der Waals surface area contributed by atoms with Crippen molar-refractivity contribution in [2.24, 2.45) is 5.92 Å². The molecule has 1 fully saturated rings. The molecule has 5 nitrogen and oxygen atoms in total. The summed E-state index contributed by atoms with van der Waals surface area (Å²) in [5.41, 5.74) is 0.638. The lowest BCUT2D eigenvalue weighted by atomic mass is 9.97. The molecule has 0 aromatic heterocycles. The lowest BCUT2D eigenvalue weighted by Crippen LogP contribution is -2.38. The van der Waals surface area contributed by atoms with E-state index >= 15 is 0 Å². The number of hydrogen-bond acceptors (Lipinski definition) is 4. The molecule has 120 valence electrons. The first-order valence-electron chi connectivity index (χ1n) is 7.44. The van der Waals surface area contributed by atoms with Crippen molar-refractivity contribution in [3.05, 3.63) is 29.3 Å². The lowest BCUT2D eigenvalue weighted by molar-refractivity contribution is -0.147. The van der Waals surface area contributed by atoms with Crippen LogP contribution in [0.2, 0.25) is 5.02 Å². The fourth-order valence-electron chi connectivity index (χ4n) is 2.59. The third-order valence-corrected chi connectivity index (χ3v) is 4.25. The van der Waals surface area contributed by atoms with E-state index in [0.717, 1.165) is 25.9 Å². The van der Waals surface area contributed by atoms with Gasteiger partial charge in [0.25, 0.3) is 0 Å². The first-order valence-corrected chi connectivity index (χ1v) is 7.82. The second-order valence-electron chi connectivity index (χ2n) is 5.42. The zero-order valence-electron chi connectivity index (χ0n) is 12.7. The van der Waals surface area contributed by atoms with Crippen molar-refractivity contribution in [1.29, 1.82) is 0 Å². The molecule has 0 radical (unpaired) electrons. The largest absolute Gasteiger partial charge is 0.469 e. The second kappa shape index (κ2) is 8.15. The van der Waals surface area contributed by atoms with Crippen molar-refractivity contribution >= 4 is 29.2 Å². The topological polar surface area (TPSA) is 58.6 Å². The monoisotopic (exact) mass is 324 g/mol. The third kappa shape index (κ3) is 4.71. The number of esters is 1. The van der Waals surface area contributed by atoms with E-state index in [4.69, 9.17) is 16.3 Å². The van der Waals surface area contributed by atoms with Gasteiger partial charge < -0.3 is 15.0 Å². The number of nitrogens with zero attached hydrogens (tertiary/aromatic N) is 1. The number of methoxy groups -OCH3 is 1. The number of carbonyl (C=O) groups excluding carboxylic acids is 2. The Morgan fingerprint density at radius 2 is 2.00 bits per heavy atom. The molecule has 1 saturated heterocycles. The summed E-state index contributed by atoms with van der Waals surface area (Å²) in [6.45, 7) is 2.32. The summed E-state index contributed by atoms with van der Waals surface area (Å²) in [6.07, 6.45) is 1.99. The van der Waals surface area contributed by atoms with Gasteiger partial charge in [0.05, 0.1) is 23.7 Å². The number of rotatable bonds is 5. The Morgan fingerprint density at radius 1 is 1.32 bits per heavy atom. The summed E-state index contributed by atoms with van der Waals surface area (Å²) in [6, 6.07) is 7.18. The van der Waals surface area contributed by atoms with Gasteiger partial charge in [0, 0.05) is 13.0 Å². The highest BCUT2D eigenvalue weighted by Crippen LogP contribution is 2.21. The van der Waals surface area contributed by atoms with Crippen LogP contribution < -0.4 is 5.32 Å². The second-order valence-corrected chi connectivity index (χ2v) is 5.82. The van der Waals surface area contributed by atoms with Crippen LogP contribution >= 0.6 is 11.6 Å². The quantitative estimate of drug-likeness (QED) is 0.846. The summed E-state index contributed by atoms with van der Waals surface area (Å²) in [7, 11) is 1.42. The number of ether oxygens (including phenoxy) is 1. The minimum Gasteiger partial charge on any atom is -0.469 e. The summed E-state index contributed by atoms with van der Waals surface area (Å²) < 4.78 is 4.77. The van der Waals surface area contributed by atoms with Crippen molar-refractivity contribution in [3.63, 3.8) is 0 Å². The predicted octanol–water partition coefficient (Wildman–Crippen LogP) is 2.55. The number of anilines is 1. The van der Waals surface area contributed by atoms with Crippen LogP contribution in [0.5, 0.6) is 0 Å². The van der Waals surface area contributed by atoms with Gasteiger partial charge in [-0.3, -0.25) is 9.59 Å². The maximum Gasteiger partial charge on any atom is 0.308 e. The molecular formula is C16H21ClN2O3. The highest BCUT2D eigenvalue weighted by Gasteiger charge is 2.25. The van der Waals surface area contributed by atoms with Crippen LogP contribution in [0.1, 0.15) is 19.3 Å². The van der Waals surface area contributed by atoms with Gasteiger partial charge in [0.2, 0.25) is 5.91 Å². The molecule has 0 spiro atoms. The van der Waals surface area contributed by atoms with E-state index in [1.807, 2.05) is 12.1 Å². The van der Waals surface area contributed by atoms with Gasteiger partial charge in [0.1, 0.15) is 0 Å². The van der Waals surface area contributed by atoms with Crippen molar-refractivity contribution in [3.8, 4) is 0 Å². The molecule has 1 aromatic carbocycles. The molecule has 0 unspecified atom stereocenters. The minimum absolute atomic E-state index is 0.00166. The number of likely N-dealkylation sites (tertiary alicyclic amines) is 1. The smallest absolute Gasteiger partial charge is 0.308 e. The number of hydrogen-bond donors (Lipinski definition) is 1. The van der Waals surface area contributed by atoms with E-state index in [0.29, 0.717) is 23.7 Å². The summed E-state index contributed by atoms with van der Waals surface area (Å²) in [5.74, 6) is -0.183. The summed E-state index contributed by atoms with van der Waals surface area (Å²) >= 11 is 6.01. The first kappa shape index (κ1) is 16.8. The molecule has 0 saturated carbocycles. The lowest BCUT2D eigenvalue weighted by Gasteiger charge is -2.30. The Hall–Kier alpha value is -1.59. The van der Waals surface area contributed by atoms with E-state index in [-0.39, 0.29) is 17.8 Å². The molecule has 1 heterocycles. The highest BCUT2D eigenvalue weighted by molar-refractivity contribution is 6.33. The molecule has 1 aromatic rings. The molecule has 22 heavy (non-hydrogen) atoms. The predicted molar refractivity (Wildman–Crippen MR) is 85.9 cm³/mol. The average molecular weight is 325 g/mol. The number of amides is 1. The number of nitrogens with one attached hydrogen (secondary N) is 1. The minimum atomic E-state index is -0.129. The van der Waals surface area contributed by atoms with Crippen LogP contribution in [0.25, 0.3) is 0 Å². The number of benzene rings is 1. The van der Waals surface area contributed by atoms with Crippen molar-refractivity contribution in [2.75, 3.05) is 32.1 Å². The van der Waals surface area contributed by atoms with Crippen molar-refractivity contribution in [2.45, 2.75) is 19.3 Å². The van der Waals surface area contributed by atoms with E-state index in [2.05, 4.69) is 10.2 Å². The summed E-state index contributed by atoms with van der Waals surface area (Å²) in [4.78, 5) is 25.6. The molecule has 0 bridgehead atoms. The SMILES string of the molecule is COC(=O)C1CCN(CCC(=O)Nc2ccccc2Cl)CC1. The summed E-state index contributed by atoms with van der Waals surface area (Å²) in [5, 5.41) is 3.35. The van der Waals surface area contributed by atoms with E-state index in [1.54, 1.807) is 12.1 Å². The molecule has 1 aliphatic heterocycles. The number of piperidine rings is 1. The van der Waals surface area contributed by atoms with Crippen molar-refractivity contribution in [1.82, 2.24) is 4.90 Å². The van der Waals surface area contributed by atoms with E-state index < -0.39 is 0 Å². The van der Waals surface area contributed by atoms with Gasteiger partial charge in [-0.05, 0) is 38.1 Å². The maximum atomic E-state index is 12.0. The van der Waals surface area contributed by atoms with Gasteiger partial charge in [-0.2, -0.15) is 0 Å². The van der Waals surface area contributed by atoms with Crippen LogP contribution in [-0.4, -0.2) is 43.5 Å². The Bertz CT molecular complexity index is 528. The number of halogens is 1. The van der Waals surface area contributed by atoms with Gasteiger partial charge in [-0.1, -0.05) is 23.7 Å². The molecule has 0 atom stereocenters. The van der Waals surface area contributed by atoms with Gasteiger partial charge >= 0.3 is 5.97 Å². The van der Waals surface area contributed by atoms with Crippen LogP contribution in [0.15, 0.2) is 24.3 Å². The normalized spacial score (nSPS) is 16.3. The van der Waals surface area contributed by atoms with Gasteiger partial charge in [-0.15, -0.1) is 0 Å². The fourth-order valence-corrected chi connectivity index (χ4v) is 2.78. The van der Waals surface area contributed by atoms with Gasteiger partial charge in [0.15, 0.2) is 0 Å². The van der Waals surface area contributed by atoms with E-state index in [1.165, 1.54) is 7.11 Å². The number of carbonyl (C=O) groups is 2. The van der Waals surface area contributed by atoms with Crippen LogP contribution in [-0.2, 0) is 14.3 Å². The van der Waals surface area contributed by atoms with Crippen LogP contribution in [0.3, 0.4) is 0 Å². The molecule has 0 aliphatic carbocycles. The van der Waals surface area contributed by atoms with Crippen LogP contribution in [0, 0.1) is 5.92 Å².